The van der Waals surface area contributed by atoms with Gasteiger partial charge in [-0.2, -0.15) is 0 Å². The molecule has 0 fully saturated rings. The summed E-state index contributed by atoms with van der Waals surface area (Å²) >= 11 is 0. The molecule has 4 heterocycles. The van der Waals surface area contributed by atoms with Gasteiger partial charge in [0, 0.05) is 25.4 Å². The minimum atomic E-state index is -0.455. The molecular weight excluding hydrogens is 428 g/mol. The molecule has 0 aliphatic heterocycles. The number of rotatable bonds is 2. The fraction of sp³-hybridized carbons (Fsp3) is 0.154. The van der Waals surface area contributed by atoms with E-state index in [0.717, 1.165) is 43.8 Å². The van der Waals surface area contributed by atoms with Crippen molar-refractivity contribution in [3.05, 3.63) is 92.9 Å². The summed E-state index contributed by atoms with van der Waals surface area (Å²) in [6, 6.07) is 18.6. The maximum absolute atomic E-state index is 12.6. The summed E-state index contributed by atoms with van der Waals surface area (Å²) in [4.78, 5) is 34.3. The SMILES string of the molecule is Cc1cccc(-c2cnc3c(=O)n(C)c(=O)n(C)c3n2)c1-n1c2ccccc2n2c(C)ccc12. The van der Waals surface area contributed by atoms with Crippen LogP contribution in [0.5, 0.6) is 0 Å². The van der Waals surface area contributed by atoms with Gasteiger partial charge in [-0.05, 0) is 43.7 Å². The normalized spacial score (nSPS) is 11.8. The van der Waals surface area contributed by atoms with Crippen LogP contribution in [0, 0.1) is 13.8 Å². The predicted molar refractivity (Wildman–Crippen MR) is 133 cm³/mol. The number of aromatic nitrogens is 6. The highest BCUT2D eigenvalue weighted by atomic mass is 16.2. The second-order valence-corrected chi connectivity index (χ2v) is 8.60. The third kappa shape index (κ3) is 2.59. The number of nitrogens with zero attached hydrogens (tertiary/aromatic N) is 6. The summed E-state index contributed by atoms with van der Waals surface area (Å²) in [6.07, 6.45) is 1.61. The van der Waals surface area contributed by atoms with Crippen molar-refractivity contribution < 1.29 is 0 Å². The topological polar surface area (TPSA) is 79.1 Å². The number of aryl methyl sites for hydroxylation is 3. The molecule has 8 heteroatoms. The number of hydrogen-bond donors (Lipinski definition) is 0. The first kappa shape index (κ1) is 20.2. The Balaban J connectivity index is 1.72. The molecule has 0 saturated carbocycles. The molecule has 0 aliphatic rings. The summed E-state index contributed by atoms with van der Waals surface area (Å²) in [5.74, 6) is 0. The van der Waals surface area contributed by atoms with Crippen LogP contribution in [0.15, 0.2) is 70.4 Å². The van der Waals surface area contributed by atoms with Crippen molar-refractivity contribution in [1.29, 1.82) is 0 Å². The quantitative estimate of drug-likeness (QED) is 0.404. The van der Waals surface area contributed by atoms with E-state index in [1.54, 1.807) is 13.2 Å². The standard InChI is InChI=1S/C26H22N6O2/c1-15-8-7-9-17(18-14-27-22-24(28-18)29(3)26(34)30(4)25(22)33)23(15)32-20-11-6-5-10-19(20)31-16(2)12-13-21(31)32/h5-14H,1-4H3. The summed E-state index contributed by atoms with van der Waals surface area (Å²) in [7, 11) is 3.05. The maximum Gasteiger partial charge on any atom is 0.332 e. The highest BCUT2D eigenvalue weighted by molar-refractivity contribution is 5.88. The van der Waals surface area contributed by atoms with Crippen LogP contribution in [0.25, 0.3) is 44.8 Å². The van der Waals surface area contributed by atoms with Gasteiger partial charge in [0.2, 0.25) is 0 Å². The summed E-state index contributed by atoms with van der Waals surface area (Å²) in [6.45, 7) is 4.16. The molecule has 168 valence electrons. The molecular formula is C26H22N6O2. The van der Waals surface area contributed by atoms with Crippen molar-refractivity contribution in [2.75, 3.05) is 0 Å². The summed E-state index contributed by atoms with van der Waals surface area (Å²) in [5.41, 5.74) is 7.43. The first-order valence-electron chi connectivity index (χ1n) is 11.0. The average Bonchev–Trinajstić information content (AvgIpc) is 3.38. The predicted octanol–water partition coefficient (Wildman–Crippen LogP) is 3.51. The first-order valence-corrected chi connectivity index (χ1v) is 11.0. The van der Waals surface area contributed by atoms with Gasteiger partial charge in [-0.25, -0.2) is 14.8 Å². The van der Waals surface area contributed by atoms with Crippen molar-refractivity contribution in [3.63, 3.8) is 0 Å². The van der Waals surface area contributed by atoms with Crippen molar-refractivity contribution in [3.8, 4) is 16.9 Å². The van der Waals surface area contributed by atoms with E-state index in [9.17, 15) is 9.59 Å². The van der Waals surface area contributed by atoms with Crippen LogP contribution >= 0.6 is 0 Å². The van der Waals surface area contributed by atoms with Crippen LogP contribution in [0.3, 0.4) is 0 Å². The molecule has 0 unspecified atom stereocenters. The van der Waals surface area contributed by atoms with Gasteiger partial charge in [0.25, 0.3) is 5.56 Å². The van der Waals surface area contributed by atoms with Crippen molar-refractivity contribution in [2.24, 2.45) is 14.1 Å². The Bertz CT molecular complexity index is 1900. The van der Waals surface area contributed by atoms with E-state index in [4.69, 9.17) is 4.98 Å². The number of para-hydroxylation sites is 3. The van der Waals surface area contributed by atoms with Gasteiger partial charge in [0.15, 0.2) is 11.2 Å². The van der Waals surface area contributed by atoms with Crippen molar-refractivity contribution in [2.45, 2.75) is 13.8 Å². The molecule has 0 spiro atoms. The van der Waals surface area contributed by atoms with Crippen LogP contribution in [-0.2, 0) is 14.1 Å². The van der Waals surface area contributed by atoms with E-state index < -0.39 is 11.2 Å². The van der Waals surface area contributed by atoms with Gasteiger partial charge in [-0.15, -0.1) is 0 Å². The molecule has 0 aliphatic carbocycles. The molecule has 0 bridgehead atoms. The van der Waals surface area contributed by atoms with Crippen molar-refractivity contribution >= 4 is 27.8 Å². The molecule has 6 rings (SSSR count). The fourth-order valence-electron chi connectivity index (χ4n) is 4.83. The molecule has 4 aromatic heterocycles. The Morgan fingerprint density at radius 1 is 0.824 bits per heavy atom. The van der Waals surface area contributed by atoms with Gasteiger partial charge in [0.1, 0.15) is 5.65 Å². The molecule has 0 atom stereocenters. The lowest BCUT2D eigenvalue weighted by molar-refractivity contribution is 0.704. The molecule has 0 amide bonds. The molecule has 6 aromatic rings. The smallest absolute Gasteiger partial charge is 0.298 e. The van der Waals surface area contributed by atoms with E-state index >= 15 is 0 Å². The highest BCUT2D eigenvalue weighted by Gasteiger charge is 2.20. The zero-order chi connectivity index (χ0) is 23.7. The van der Waals surface area contributed by atoms with Crippen LogP contribution in [0.2, 0.25) is 0 Å². The van der Waals surface area contributed by atoms with Gasteiger partial charge in [-0.3, -0.25) is 22.9 Å². The monoisotopic (exact) mass is 450 g/mol. The van der Waals surface area contributed by atoms with Gasteiger partial charge in [0.05, 0.1) is 28.6 Å². The number of imidazole rings is 1. The fourth-order valence-corrected chi connectivity index (χ4v) is 4.83. The Kier molecular flexibility index (Phi) is 4.16. The lowest BCUT2D eigenvalue weighted by Gasteiger charge is -2.16. The third-order valence-electron chi connectivity index (χ3n) is 6.54. The second kappa shape index (κ2) is 7.02. The molecule has 0 N–H and O–H groups in total. The number of benzene rings is 2. The van der Waals surface area contributed by atoms with Gasteiger partial charge in [-0.1, -0.05) is 30.3 Å². The Morgan fingerprint density at radius 3 is 2.38 bits per heavy atom. The van der Waals surface area contributed by atoms with E-state index in [1.165, 1.54) is 11.6 Å². The third-order valence-corrected chi connectivity index (χ3v) is 6.54. The molecule has 2 aromatic carbocycles. The minimum Gasteiger partial charge on any atom is -0.298 e. The largest absolute Gasteiger partial charge is 0.332 e. The van der Waals surface area contributed by atoms with Crippen LogP contribution in [0.1, 0.15) is 11.3 Å². The molecule has 34 heavy (non-hydrogen) atoms. The lowest BCUT2D eigenvalue weighted by atomic mass is 10.0. The van der Waals surface area contributed by atoms with Crippen LogP contribution in [-0.4, -0.2) is 28.1 Å². The van der Waals surface area contributed by atoms with Crippen molar-refractivity contribution in [1.82, 2.24) is 28.1 Å². The Labute approximate surface area is 194 Å². The van der Waals surface area contributed by atoms with E-state index in [1.807, 2.05) is 24.3 Å². The van der Waals surface area contributed by atoms with Gasteiger partial charge < -0.3 is 0 Å². The molecule has 0 radical (unpaired) electrons. The molecule has 0 saturated heterocycles. The zero-order valence-electron chi connectivity index (χ0n) is 19.3. The Morgan fingerprint density at radius 2 is 1.59 bits per heavy atom. The zero-order valence-corrected chi connectivity index (χ0v) is 19.3. The van der Waals surface area contributed by atoms with Gasteiger partial charge >= 0.3 is 5.69 Å². The average molecular weight is 451 g/mol. The highest BCUT2D eigenvalue weighted by Crippen LogP contribution is 2.34. The molecule has 8 nitrogen and oxygen atoms in total. The van der Waals surface area contributed by atoms with E-state index in [2.05, 4.69) is 58.1 Å². The maximum atomic E-state index is 12.6. The second-order valence-electron chi connectivity index (χ2n) is 8.60. The minimum absolute atomic E-state index is 0.165. The van der Waals surface area contributed by atoms with E-state index in [0.29, 0.717) is 5.69 Å². The summed E-state index contributed by atoms with van der Waals surface area (Å²) in [5, 5.41) is 0. The first-order chi connectivity index (χ1) is 16.4. The number of fused-ring (bicyclic) bond motifs is 4. The lowest BCUT2D eigenvalue weighted by Crippen LogP contribution is -2.37. The van der Waals surface area contributed by atoms with E-state index in [-0.39, 0.29) is 11.2 Å². The number of hydrogen-bond acceptors (Lipinski definition) is 4. The van der Waals surface area contributed by atoms with Crippen LogP contribution < -0.4 is 11.2 Å². The summed E-state index contributed by atoms with van der Waals surface area (Å²) < 4.78 is 6.89. The Hall–Kier alpha value is -4.46. The van der Waals surface area contributed by atoms with Crippen LogP contribution in [0.4, 0.5) is 0 Å².